The molecule has 3 aromatic heterocycles. The van der Waals surface area contributed by atoms with E-state index in [4.69, 9.17) is 15.0 Å². The van der Waals surface area contributed by atoms with Gasteiger partial charge in [-0.05, 0) is 31.5 Å². The highest BCUT2D eigenvalue weighted by atomic mass is 19.1. The Morgan fingerprint density at radius 1 is 1.33 bits per heavy atom. The smallest absolute Gasteiger partial charge is 0.258 e. The number of hydrogen-bond donors (Lipinski definition) is 2. The fourth-order valence-corrected chi connectivity index (χ4v) is 3.78. The summed E-state index contributed by atoms with van der Waals surface area (Å²) in [7, 11) is 0. The zero-order valence-electron chi connectivity index (χ0n) is 16.4. The highest BCUT2D eigenvalue weighted by Gasteiger charge is 2.26. The van der Waals surface area contributed by atoms with Crippen LogP contribution in [0.5, 0.6) is 5.88 Å². The Morgan fingerprint density at radius 3 is 3.03 bits per heavy atom. The standard InChI is InChI=1S/C21H19FN6O2/c1-3-15-18-16-9-24-20(23)21(26-16)29-10(2)14-7-12(22)4-5-13(14)19-11(8-25-27-19)6-17(18)30-28-15/h4-5,7-10H,3,6H2,1-2H3,(H2,23,24)(H,25,27)/t10-/m1/s1. The SMILES string of the molecule is CCc1noc2c1-c1cnc(N)c(n1)O[C@H](C)c1cc(F)ccc1-c1n[nH]cc1C2. The van der Waals surface area contributed by atoms with E-state index in [2.05, 4.69) is 25.3 Å². The number of hydrogen-bond acceptors (Lipinski definition) is 7. The molecule has 9 heteroatoms. The van der Waals surface area contributed by atoms with Crippen molar-refractivity contribution in [1.29, 1.82) is 0 Å². The molecule has 0 fully saturated rings. The van der Waals surface area contributed by atoms with Crippen molar-refractivity contribution in [3.05, 3.63) is 59.0 Å². The summed E-state index contributed by atoms with van der Waals surface area (Å²) in [5.41, 5.74) is 11.1. The number of aromatic nitrogens is 5. The summed E-state index contributed by atoms with van der Waals surface area (Å²) in [6.45, 7) is 3.80. The molecule has 2 bridgehead atoms. The lowest BCUT2D eigenvalue weighted by molar-refractivity contribution is 0.218. The Balaban J connectivity index is 1.79. The largest absolute Gasteiger partial charge is 0.467 e. The molecule has 1 atom stereocenters. The Hall–Kier alpha value is -3.75. The maximum atomic E-state index is 14.1. The number of nitrogen functional groups attached to an aromatic ring is 1. The number of halogens is 1. The normalized spacial score (nSPS) is 15.2. The predicted molar refractivity (Wildman–Crippen MR) is 107 cm³/mol. The van der Waals surface area contributed by atoms with Gasteiger partial charge in [0.15, 0.2) is 11.6 Å². The van der Waals surface area contributed by atoms with E-state index < -0.39 is 6.10 Å². The van der Waals surface area contributed by atoms with Crippen LogP contribution < -0.4 is 10.5 Å². The molecule has 1 aliphatic heterocycles. The van der Waals surface area contributed by atoms with Crippen LogP contribution in [0.1, 0.15) is 42.5 Å². The van der Waals surface area contributed by atoms with E-state index in [0.717, 1.165) is 22.4 Å². The average Bonchev–Trinajstić information content (AvgIpc) is 3.36. The Labute approximate surface area is 171 Å². The topological polar surface area (TPSA) is 116 Å². The summed E-state index contributed by atoms with van der Waals surface area (Å²) >= 11 is 0. The highest BCUT2D eigenvalue weighted by molar-refractivity contribution is 5.70. The summed E-state index contributed by atoms with van der Waals surface area (Å²) in [6, 6.07) is 4.53. The Kier molecular flexibility index (Phi) is 4.23. The first-order valence-electron chi connectivity index (χ1n) is 9.64. The summed E-state index contributed by atoms with van der Waals surface area (Å²) in [6.07, 6.45) is 3.94. The lowest BCUT2D eigenvalue weighted by Gasteiger charge is -2.19. The number of H-pyrrole nitrogens is 1. The minimum atomic E-state index is -0.542. The van der Waals surface area contributed by atoms with Gasteiger partial charge in [-0.2, -0.15) is 5.10 Å². The lowest BCUT2D eigenvalue weighted by Crippen LogP contribution is -2.11. The summed E-state index contributed by atoms with van der Waals surface area (Å²) in [4.78, 5) is 8.84. The number of nitrogens with zero attached hydrogens (tertiary/aromatic N) is 4. The van der Waals surface area contributed by atoms with E-state index in [1.54, 1.807) is 18.5 Å². The second kappa shape index (κ2) is 6.94. The molecule has 0 radical (unpaired) electrons. The molecule has 0 amide bonds. The van der Waals surface area contributed by atoms with Gasteiger partial charge in [0.1, 0.15) is 11.9 Å². The third-order valence-corrected chi connectivity index (χ3v) is 5.26. The summed E-state index contributed by atoms with van der Waals surface area (Å²) < 4.78 is 25.8. The van der Waals surface area contributed by atoms with Crippen molar-refractivity contribution in [2.75, 3.05) is 5.73 Å². The molecule has 0 aliphatic carbocycles. The highest BCUT2D eigenvalue weighted by Crippen LogP contribution is 2.37. The van der Waals surface area contributed by atoms with Crippen LogP contribution in [0.15, 0.2) is 35.1 Å². The van der Waals surface area contributed by atoms with Gasteiger partial charge in [0.2, 0.25) is 0 Å². The number of benzene rings is 1. The Bertz CT molecular complexity index is 1250. The number of ether oxygens (including phenoxy) is 1. The van der Waals surface area contributed by atoms with Gasteiger partial charge in [-0.15, -0.1) is 0 Å². The monoisotopic (exact) mass is 406 g/mol. The van der Waals surface area contributed by atoms with Gasteiger partial charge in [-0.1, -0.05) is 12.1 Å². The van der Waals surface area contributed by atoms with Gasteiger partial charge >= 0.3 is 0 Å². The number of aryl methyl sites for hydroxylation is 1. The molecule has 0 unspecified atom stereocenters. The minimum absolute atomic E-state index is 0.150. The van der Waals surface area contributed by atoms with E-state index in [-0.39, 0.29) is 17.5 Å². The van der Waals surface area contributed by atoms with Crippen LogP contribution in [-0.4, -0.2) is 25.3 Å². The molecule has 0 saturated carbocycles. The maximum Gasteiger partial charge on any atom is 0.258 e. The molecule has 5 rings (SSSR count). The second-order valence-electron chi connectivity index (χ2n) is 7.15. The summed E-state index contributed by atoms with van der Waals surface area (Å²) in [5.74, 6) is 0.590. The molecule has 3 N–H and O–H groups in total. The van der Waals surface area contributed by atoms with E-state index in [1.165, 1.54) is 12.1 Å². The lowest BCUT2D eigenvalue weighted by atomic mass is 9.95. The number of fused-ring (bicyclic) bond motifs is 7. The number of rotatable bonds is 1. The third-order valence-electron chi connectivity index (χ3n) is 5.26. The van der Waals surface area contributed by atoms with E-state index in [0.29, 0.717) is 35.6 Å². The zero-order valence-corrected chi connectivity index (χ0v) is 16.4. The number of aromatic amines is 1. The molecule has 0 spiro atoms. The Morgan fingerprint density at radius 2 is 2.20 bits per heavy atom. The van der Waals surface area contributed by atoms with Crippen LogP contribution in [0.25, 0.3) is 22.5 Å². The van der Waals surface area contributed by atoms with Crippen molar-refractivity contribution in [2.24, 2.45) is 0 Å². The van der Waals surface area contributed by atoms with Crippen LogP contribution in [0.2, 0.25) is 0 Å². The first-order valence-corrected chi connectivity index (χ1v) is 9.64. The molecule has 4 aromatic rings. The van der Waals surface area contributed by atoms with Crippen molar-refractivity contribution in [2.45, 2.75) is 32.8 Å². The van der Waals surface area contributed by atoms with Crippen LogP contribution in [0.3, 0.4) is 0 Å². The van der Waals surface area contributed by atoms with Crippen molar-refractivity contribution in [3.63, 3.8) is 0 Å². The third kappa shape index (κ3) is 2.90. The van der Waals surface area contributed by atoms with Crippen molar-refractivity contribution >= 4 is 5.82 Å². The van der Waals surface area contributed by atoms with Gasteiger partial charge in [0, 0.05) is 29.3 Å². The van der Waals surface area contributed by atoms with Gasteiger partial charge in [-0.3, -0.25) is 5.10 Å². The fraction of sp³-hybridized carbons (Fsp3) is 0.238. The minimum Gasteiger partial charge on any atom is -0.467 e. The molecule has 8 nitrogen and oxygen atoms in total. The summed E-state index contributed by atoms with van der Waals surface area (Å²) in [5, 5.41) is 11.5. The molecular weight excluding hydrogens is 387 g/mol. The van der Waals surface area contributed by atoms with Crippen LogP contribution in [-0.2, 0) is 12.8 Å². The van der Waals surface area contributed by atoms with Crippen LogP contribution in [0, 0.1) is 5.82 Å². The van der Waals surface area contributed by atoms with Crippen LogP contribution >= 0.6 is 0 Å². The molecule has 4 heterocycles. The molecule has 1 aromatic carbocycles. The predicted octanol–water partition coefficient (Wildman–Crippen LogP) is 3.85. The maximum absolute atomic E-state index is 14.1. The molecular formula is C21H19FN6O2. The average molecular weight is 406 g/mol. The van der Waals surface area contributed by atoms with Gasteiger partial charge in [0.25, 0.3) is 5.88 Å². The second-order valence-corrected chi connectivity index (χ2v) is 7.15. The first kappa shape index (κ1) is 18.3. The molecule has 0 saturated heterocycles. The van der Waals surface area contributed by atoms with Gasteiger partial charge in [-0.25, -0.2) is 14.4 Å². The molecule has 30 heavy (non-hydrogen) atoms. The van der Waals surface area contributed by atoms with Gasteiger partial charge in [0.05, 0.1) is 28.8 Å². The fourth-order valence-electron chi connectivity index (χ4n) is 3.78. The van der Waals surface area contributed by atoms with Gasteiger partial charge < -0.3 is 15.0 Å². The number of anilines is 1. The van der Waals surface area contributed by atoms with Crippen molar-refractivity contribution in [3.8, 4) is 28.4 Å². The molecule has 152 valence electrons. The molecule has 1 aliphatic rings. The van der Waals surface area contributed by atoms with Crippen LogP contribution in [0.4, 0.5) is 10.2 Å². The number of nitrogens with one attached hydrogen (secondary N) is 1. The first-order chi connectivity index (χ1) is 14.5. The van der Waals surface area contributed by atoms with E-state index >= 15 is 0 Å². The van der Waals surface area contributed by atoms with Crippen molar-refractivity contribution < 1.29 is 13.7 Å². The van der Waals surface area contributed by atoms with E-state index in [9.17, 15) is 4.39 Å². The van der Waals surface area contributed by atoms with Crippen molar-refractivity contribution in [1.82, 2.24) is 25.3 Å². The zero-order chi connectivity index (χ0) is 20.8. The number of nitrogens with two attached hydrogens (primary N) is 1. The van der Waals surface area contributed by atoms with E-state index in [1.807, 2.05) is 13.8 Å². The quantitative estimate of drug-likeness (QED) is 0.493.